The predicted molar refractivity (Wildman–Crippen MR) is 56.5 cm³/mol. The van der Waals surface area contributed by atoms with Gasteiger partial charge in [0.25, 0.3) is 5.56 Å². The van der Waals surface area contributed by atoms with E-state index in [1.165, 1.54) is 10.6 Å². The van der Waals surface area contributed by atoms with E-state index in [9.17, 15) is 9.18 Å². The number of aromatic nitrogens is 1. The van der Waals surface area contributed by atoms with Gasteiger partial charge >= 0.3 is 0 Å². The molecule has 0 amide bonds. The molecule has 2 aromatic rings. The van der Waals surface area contributed by atoms with Crippen LogP contribution in [-0.4, -0.2) is 4.57 Å². The van der Waals surface area contributed by atoms with E-state index in [4.69, 9.17) is 0 Å². The molecule has 0 unspecified atom stereocenters. The van der Waals surface area contributed by atoms with Gasteiger partial charge < -0.3 is 0 Å². The third kappa shape index (κ3) is 1.19. The Morgan fingerprint density at radius 1 is 1.13 bits per heavy atom. The standard InChI is InChI=1S/C12H10FNO/c13-12(7-8-12)14-10-4-2-1-3-9(10)5-6-11(14)15/h1-6H,7-8H2. The molecule has 0 N–H and O–H groups in total. The fourth-order valence-electron chi connectivity index (χ4n) is 1.93. The zero-order chi connectivity index (χ0) is 10.5. The van der Waals surface area contributed by atoms with E-state index in [1.807, 2.05) is 18.2 Å². The van der Waals surface area contributed by atoms with Gasteiger partial charge in [-0.05, 0) is 17.5 Å². The van der Waals surface area contributed by atoms with E-state index in [2.05, 4.69) is 0 Å². The third-order valence-electron chi connectivity index (χ3n) is 2.87. The lowest BCUT2D eigenvalue weighted by Gasteiger charge is -2.12. The number of nitrogens with zero attached hydrogens (tertiary/aromatic N) is 1. The summed E-state index contributed by atoms with van der Waals surface area (Å²) in [7, 11) is 0. The number of alkyl halides is 1. The largest absolute Gasteiger partial charge is 0.274 e. The average molecular weight is 203 g/mol. The van der Waals surface area contributed by atoms with Gasteiger partial charge in [-0.3, -0.25) is 9.36 Å². The fraction of sp³-hybridized carbons (Fsp3) is 0.250. The van der Waals surface area contributed by atoms with Crippen molar-refractivity contribution >= 4 is 10.9 Å². The van der Waals surface area contributed by atoms with E-state index < -0.39 is 5.79 Å². The minimum absolute atomic E-state index is 0.256. The van der Waals surface area contributed by atoms with Crippen LogP contribution >= 0.6 is 0 Å². The Morgan fingerprint density at radius 2 is 1.87 bits per heavy atom. The van der Waals surface area contributed by atoms with Crippen LogP contribution in [0.25, 0.3) is 10.9 Å². The Hall–Kier alpha value is -1.64. The van der Waals surface area contributed by atoms with Crippen molar-refractivity contribution in [2.45, 2.75) is 18.6 Å². The van der Waals surface area contributed by atoms with Crippen molar-refractivity contribution in [3.63, 3.8) is 0 Å². The second kappa shape index (κ2) is 2.69. The van der Waals surface area contributed by atoms with Crippen molar-refractivity contribution < 1.29 is 4.39 Å². The quantitative estimate of drug-likeness (QED) is 0.697. The first-order valence-electron chi connectivity index (χ1n) is 5.01. The molecule has 76 valence electrons. The molecule has 1 fully saturated rings. The molecule has 0 atom stereocenters. The lowest BCUT2D eigenvalue weighted by atomic mass is 10.2. The first-order chi connectivity index (χ1) is 7.21. The molecule has 1 heterocycles. The van der Waals surface area contributed by atoms with Crippen LogP contribution < -0.4 is 5.56 Å². The molecule has 1 aromatic heterocycles. The second-order valence-electron chi connectivity index (χ2n) is 3.98. The predicted octanol–water partition coefficient (Wildman–Crippen LogP) is 2.42. The highest BCUT2D eigenvalue weighted by atomic mass is 19.1. The van der Waals surface area contributed by atoms with E-state index in [0.29, 0.717) is 18.4 Å². The van der Waals surface area contributed by atoms with Crippen LogP contribution in [0, 0.1) is 0 Å². The first-order valence-corrected chi connectivity index (χ1v) is 5.01. The smallest absolute Gasteiger partial charge is 0.253 e. The number of rotatable bonds is 1. The van der Waals surface area contributed by atoms with Gasteiger partial charge in [0, 0.05) is 18.9 Å². The van der Waals surface area contributed by atoms with Gasteiger partial charge in [0.1, 0.15) is 0 Å². The minimum atomic E-state index is -1.43. The van der Waals surface area contributed by atoms with Crippen LogP contribution in [0.15, 0.2) is 41.2 Å². The summed E-state index contributed by atoms with van der Waals surface area (Å²) >= 11 is 0. The SMILES string of the molecule is O=c1ccc2ccccc2n1C1(F)CC1. The lowest BCUT2D eigenvalue weighted by Crippen LogP contribution is -2.26. The van der Waals surface area contributed by atoms with Crippen LogP contribution in [-0.2, 0) is 5.79 Å². The van der Waals surface area contributed by atoms with Crippen molar-refractivity contribution in [1.29, 1.82) is 0 Å². The lowest BCUT2D eigenvalue weighted by molar-refractivity contribution is 0.211. The van der Waals surface area contributed by atoms with Gasteiger partial charge in [-0.2, -0.15) is 0 Å². The van der Waals surface area contributed by atoms with Gasteiger partial charge in [-0.1, -0.05) is 18.2 Å². The molecule has 1 aromatic carbocycles. The summed E-state index contributed by atoms with van der Waals surface area (Å²) in [5.74, 6) is -1.43. The zero-order valence-corrected chi connectivity index (χ0v) is 8.11. The summed E-state index contributed by atoms with van der Waals surface area (Å²) < 4.78 is 15.3. The van der Waals surface area contributed by atoms with Crippen LogP contribution in [0.4, 0.5) is 4.39 Å². The summed E-state index contributed by atoms with van der Waals surface area (Å²) in [5, 5.41) is 0.904. The number of para-hydroxylation sites is 1. The number of fused-ring (bicyclic) bond motifs is 1. The van der Waals surface area contributed by atoms with Crippen LogP contribution in [0.2, 0.25) is 0 Å². The molecule has 0 bridgehead atoms. The maximum absolute atomic E-state index is 14.0. The second-order valence-corrected chi connectivity index (χ2v) is 3.98. The van der Waals surface area contributed by atoms with Gasteiger partial charge in [-0.25, -0.2) is 4.39 Å². The highest BCUT2D eigenvalue weighted by Gasteiger charge is 2.46. The summed E-state index contributed by atoms with van der Waals surface area (Å²) in [6.07, 6.45) is 0.891. The first kappa shape index (κ1) is 8.65. The Labute approximate surface area is 86.0 Å². The molecular weight excluding hydrogens is 193 g/mol. The van der Waals surface area contributed by atoms with Crippen molar-refractivity contribution in [3.8, 4) is 0 Å². The molecule has 2 nitrogen and oxygen atoms in total. The summed E-state index contributed by atoms with van der Waals surface area (Å²) in [6.45, 7) is 0. The van der Waals surface area contributed by atoms with E-state index >= 15 is 0 Å². The Balaban J connectivity index is 2.44. The average Bonchev–Trinajstić information content (AvgIpc) is 2.97. The zero-order valence-electron chi connectivity index (χ0n) is 8.11. The van der Waals surface area contributed by atoms with Crippen molar-refractivity contribution in [2.24, 2.45) is 0 Å². The maximum atomic E-state index is 14.0. The Bertz CT molecular complexity index is 583. The summed E-state index contributed by atoms with van der Waals surface area (Å²) in [6, 6.07) is 10.5. The number of hydrogen-bond acceptors (Lipinski definition) is 1. The van der Waals surface area contributed by atoms with Crippen LogP contribution in [0.1, 0.15) is 12.8 Å². The highest BCUT2D eigenvalue weighted by Crippen LogP contribution is 2.45. The topological polar surface area (TPSA) is 22.0 Å². The van der Waals surface area contributed by atoms with Crippen LogP contribution in [0.3, 0.4) is 0 Å². The molecule has 1 saturated carbocycles. The molecule has 0 saturated heterocycles. The maximum Gasteiger partial charge on any atom is 0.253 e. The number of benzene rings is 1. The monoisotopic (exact) mass is 203 g/mol. The highest BCUT2D eigenvalue weighted by molar-refractivity contribution is 5.79. The summed E-state index contributed by atoms with van der Waals surface area (Å²) in [5.41, 5.74) is 0.429. The molecule has 3 rings (SSSR count). The Morgan fingerprint density at radius 3 is 2.60 bits per heavy atom. The van der Waals surface area contributed by atoms with E-state index in [1.54, 1.807) is 12.1 Å². The van der Waals surface area contributed by atoms with Crippen molar-refractivity contribution in [2.75, 3.05) is 0 Å². The molecule has 0 aliphatic heterocycles. The fourth-order valence-corrected chi connectivity index (χ4v) is 1.93. The van der Waals surface area contributed by atoms with Gasteiger partial charge in [-0.15, -0.1) is 0 Å². The number of halogens is 1. The van der Waals surface area contributed by atoms with Gasteiger partial charge in [0.05, 0.1) is 5.52 Å². The summed E-state index contributed by atoms with van der Waals surface area (Å²) in [4.78, 5) is 11.6. The van der Waals surface area contributed by atoms with E-state index in [0.717, 1.165) is 5.39 Å². The van der Waals surface area contributed by atoms with Gasteiger partial charge in [0.15, 0.2) is 5.79 Å². The molecule has 1 aliphatic carbocycles. The van der Waals surface area contributed by atoms with Crippen molar-refractivity contribution in [3.05, 3.63) is 46.8 Å². The third-order valence-corrected chi connectivity index (χ3v) is 2.87. The van der Waals surface area contributed by atoms with Crippen molar-refractivity contribution in [1.82, 2.24) is 4.57 Å². The molecule has 1 aliphatic rings. The molecular formula is C12H10FNO. The Kier molecular flexibility index (Phi) is 1.55. The number of pyridine rings is 1. The molecule has 0 radical (unpaired) electrons. The minimum Gasteiger partial charge on any atom is -0.274 e. The molecule has 15 heavy (non-hydrogen) atoms. The van der Waals surface area contributed by atoms with Gasteiger partial charge in [0.2, 0.25) is 0 Å². The van der Waals surface area contributed by atoms with E-state index in [-0.39, 0.29) is 5.56 Å². The molecule has 0 spiro atoms. The molecule has 3 heteroatoms. The van der Waals surface area contributed by atoms with Crippen LogP contribution in [0.5, 0.6) is 0 Å². The normalized spacial score (nSPS) is 17.9. The number of hydrogen-bond donors (Lipinski definition) is 0.